The lowest BCUT2D eigenvalue weighted by molar-refractivity contribution is -0.384. The highest BCUT2D eigenvalue weighted by Crippen LogP contribution is 2.37. The van der Waals surface area contributed by atoms with Gasteiger partial charge in [-0.15, -0.1) is 11.3 Å². The minimum absolute atomic E-state index is 0.0233. The van der Waals surface area contributed by atoms with Crippen LogP contribution in [0, 0.1) is 33.1 Å². The molecule has 9 nitrogen and oxygen atoms in total. The number of thiazole rings is 1. The van der Waals surface area contributed by atoms with Crippen LogP contribution in [-0.2, 0) is 4.79 Å². The standard InChI is InChI=1S/C28H17F2N5O4S/c29-20-7-3-1-5-15(20)13-22-27(37)34-25(32)19(14-31)23(18-6-2-4-8-21(18)30)24(28(34)40-22)26(36)33-16-9-11-17(12-10-16)35(38)39/h1-13,23H,32H2,(H,33,36)/b22-13-. The molecule has 4 aromatic rings. The van der Waals surface area contributed by atoms with Gasteiger partial charge < -0.3 is 11.1 Å². The highest BCUT2D eigenvalue weighted by Gasteiger charge is 2.37. The second-order valence-electron chi connectivity index (χ2n) is 8.61. The summed E-state index contributed by atoms with van der Waals surface area (Å²) in [5.41, 5.74) is 5.28. The number of nitro groups is 1. The highest BCUT2D eigenvalue weighted by atomic mass is 32.1. The summed E-state index contributed by atoms with van der Waals surface area (Å²) in [7, 11) is 0. The zero-order valence-electron chi connectivity index (χ0n) is 20.3. The summed E-state index contributed by atoms with van der Waals surface area (Å²) in [6.45, 7) is 0. The van der Waals surface area contributed by atoms with Crippen LogP contribution in [0.2, 0.25) is 0 Å². The largest absolute Gasteiger partial charge is 0.384 e. The van der Waals surface area contributed by atoms with Crippen LogP contribution in [0.15, 0.2) is 83.2 Å². The number of nitrogens with one attached hydrogen (secondary N) is 1. The van der Waals surface area contributed by atoms with Crippen molar-refractivity contribution in [2.75, 3.05) is 5.32 Å². The van der Waals surface area contributed by atoms with Crippen LogP contribution >= 0.6 is 11.3 Å². The maximum Gasteiger partial charge on any atom is 0.274 e. The van der Waals surface area contributed by atoms with Gasteiger partial charge in [0.05, 0.1) is 32.6 Å². The third-order valence-electron chi connectivity index (χ3n) is 6.26. The quantitative estimate of drug-likeness (QED) is 0.285. The molecule has 1 unspecified atom stereocenters. The van der Waals surface area contributed by atoms with E-state index in [1.165, 1.54) is 72.8 Å². The fourth-order valence-corrected chi connectivity index (χ4v) is 5.55. The Kier molecular flexibility index (Phi) is 6.81. The van der Waals surface area contributed by atoms with Gasteiger partial charge in [0.15, 0.2) is 0 Å². The number of nitro benzene ring substituents is 1. The molecule has 0 saturated carbocycles. The maximum absolute atomic E-state index is 15.1. The molecule has 5 rings (SSSR count). The first-order chi connectivity index (χ1) is 19.2. The van der Waals surface area contributed by atoms with Crippen LogP contribution in [-0.4, -0.2) is 15.4 Å². The predicted molar refractivity (Wildman–Crippen MR) is 145 cm³/mol. The van der Waals surface area contributed by atoms with Crippen molar-refractivity contribution in [2.45, 2.75) is 5.92 Å². The van der Waals surface area contributed by atoms with E-state index in [4.69, 9.17) is 5.73 Å². The van der Waals surface area contributed by atoms with Crippen molar-refractivity contribution >= 4 is 46.1 Å². The summed E-state index contributed by atoms with van der Waals surface area (Å²) in [4.78, 5) is 37.7. The SMILES string of the molecule is N#CC1=C(N)n2c(s/c(=C\c3ccccc3F)c2=O)=C(C(=O)Nc2ccc([N+](=O)[O-])cc2)C1c1ccccc1F. The molecule has 12 heteroatoms. The Morgan fingerprint density at radius 1 is 1.07 bits per heavy atom. The number of hydrogen-bond acceptors (Lipinski definition) is 7. The van der Waals surface area contributed by atoms with E-state index in [2.05, 4.69) is 5.32 Å². The van der Waals surface area contributed by atoms with E-state index < -0.39 is 33.9 Å². The van der Waals surface area contributed by atoms with Crippen molar-refractivity contribution in [1.82, 2.24) is 4.57 Å². The number of fused-ring (bicyclic) bond motifs is 1. The van der Waals surface area contributed by atoms with Crippen LogP contribution in [0.1, 0.15) is 17.0 Å². The van der Waals surface area contributed by atoms with Gasteiger partial charge >= 0.3 is 0 Å². The van der Waals surface area contributed by atoms with E-state index >= 15 is 4.39 Å². The van der Waals surface area contributed by atoms with Crippen molar-refractivity contribution in [1.29, 1.82) is 5.26 Å². The summed E-state index contributed by atoms with van der Waals surface area (Å²) in [6, 6.07) is 18.2. The fourth-order valence-electron chi connectivity index (χ4n) is 4.39. The smallest absolute Gasteiger partial charge is 0.274 e. The number of nitriles is 1. The molecule has 0 radical (unpaired) electrons. The van der Waals surface area contributed by atoms with Gasteiger partial charge in [-0.3, -0.25) is 24.3 Å². The molecule has 1 aromatic heterocycles. The zero-order chi connectivity index (χ0) is 28.6. The average molecular weight is 558 g/mol. The molecule has 1 atom stereocenters. The van der Waals surface area contributed by atoms with Gasteiger partial charge in [-0.2, -0.15) is 5.26 Å². The van der Waals surface area contributed by atoms with E-state index in [9.17, 15) is 29.4 Å². The van der Waals surface area contributed by atoms with E-state index in [1.54, 1.807) is 6.07 Å². The Morgan fingerprint density at radius 3 is 2.35 bits per heavy atom. The first-order valence-corrected chi connectivity index (χ1v) is 12.5. The number of amides is 1. The Morgan fingerprint density at radius 2 is 1.73 bits per heavy atom. The number of hydrogen-bond donors (Lipinski definition) is 2. The minimum Gasteiger partial charge on any atom is -0.384 e. The van der Waals surface area contributed by atoms with E-state index in [0.29, 0.717) is 0 Å². The summed E-state index contributed by atoms with van der Waals surface area (Å²) < 4.78 is 30.5. The maximum atomic E-state index is 15.1. The Labute approximate surface area is 228 Å². The molecule has 2 heterocycles. The van der Waals surface area contributed by atoms with Gasteiger partial charge in [-0.05, 0) is 30.3 Å². The summed E-state index contributed by atoms with van der Waals surface area (Å²) in [5.74, 6) is -3.66. The zero-order valence-corrected chi connectivity index (χ0v) is 21.1. The monoisotopic (exact) mass is 557 g/mol. The second-order valence-corrected chi connectivity index (χ2v) is 9.65. The predicted octanol–water partition coefficient (Wildman–Crippen LogP) is 3.16. The van der Waals surface area contributed by atoms with Gasteiger partial charge in [0.2, 0.25) is 0 Å². The molecule has 0 spiro atoms. The summed E-state index contributed by atoms with van der Waals surface area (Å²) in [5, 5.41) is 23.7. The first-order valence-electron chi connectivity index (χ1n) is 11.6. The van der Waals surface area contributed by atoms with Crippen LogP contribution in [0.3, 0.4) is 0 Å². The third-order valence-corrected chi connectivity index (χ3v) is 7.37. The van der Waals surface area contributed by atoms with Crippen molar-refractivity contribution in [3.8, 4) is 6.07 Å². The number of nitrogens with zero attached hydrogens (tertiary/aromatic N) is 3. The van der Waals surface area contributed by atoms with Crippen LogP contribution in [0.5, 0.6) is 0 Å². The van der Waals surface area contributed by atoms with Gasteiger partial charge in [0.1, 0.15) is 22.1 Å². The molecular formula is C28H17F2N5O4S. The Balaban J connectivity index is 1.79. The van der Waals surface area contributed by atoms with Crippen LogP contribution < -0.4 is 25.8 Å². The number of non-ortho nitro benzene ring substituents is 1. The molecule has 198 valence electrons. The molecule has 40 heavy (non-hydrogen) atoms. The lowest BCUT2D eigenvalue weighted by atomic mass is 9.83. The molecule has 1 aliphatic heterocycles. The number of carbonyl (C=O) groups excluding carboxylic acids is 1. The van der Waals surface area contributed by atoms with Crippen molar-refractivity contribution in [3.05, 3.63) is 131 Å². The highest BCUT2D eigenvalue weighted by molar-refractivity contribution is 7.07. The number of nitrogens with two attached hydrogens (primary N) is 1. The Bertz CT molecular complexity index is 1960. The molecular weight excluding hydrogens is 540 g/mol. The number of anilines is 1. The van der Waals surface area contributed by atoms with Crippen molar-refractivity contribution < 1.29 is 18.5 Å². The molecule has 1 amide bonds. The molecule has 3 N–H and O–H groups in total. The number of rotatable bonds is 5. The van der Waals surface area contributed by atoms with E-state index in [0.717, 1.165) is 15.9 Å². The number of halogens is 2. The number of allylic oxidation sites excluding steroid dienone is 1. The van der Waals surface area contributed by atoms with Gasteiger partial charge in [-0.1, -0.05) is 36.4 Å². The molecule has 0 saturated heterocycles. The number of carbonyl (C=O) groups is 1. The summed E-state index contributed by atoms with van der Waals surface area (Å²) >= 11 is 0.834. The van der Waals surface area contributed by atoms with E-state index in [-0.39, 0.29) is 48.7 Å². The minimum atomic E-state index is -1.29. The van der Waals surface area contributed by atoms with E-state index in [1.807, 2.05) is 6.07 Å². The molecule has 3 aromatic carbocycles. The number of benzene rings is 3. The second kappa shape index (κ2) is 10.4. The molecule has 0 aliphatic carbocycles. The lowest BCUT2D eigenvalue weighted by Crippen LogP contribution is -2.41. The third kappa shape index (κ3) is 4.55. The fraction of sp³-hybridized carbons (Fsp3) is 0.0357. The van der Waals surface area contributed by atoms with Crippen molar-refractivity contribution in [3.63, 3.8) is 0 Å². The number of aromatic nitrogens is 1. The Hall–Kier alpha value is -5.41. The molecule has 0 bridgehead atoms. The van der Waals surface area contributed by atoms with Gasteiger partial charge in [0, 0.05) is 28.9 Å². The van der Waals surface area contributed by atoms with Crippen LogP contribution in [0.25, 0.3) is 17.5 Å². The first kappa shape index (κ1) is 26.2. The van der Waals surface area contributed by atoms with Crippen LogP contribution in [0.4, 0.5) is 20.2 Å². The van der Waals surface area contributed by atoms with Crippen molar-refractivity contribution in [2.24, 2.45) is 5.73 Å². The molecule has 0 fully saturated rings. The topological polar surface area (TPSA) is 144 Å². The summed E-state index contributed by atoms with van der Waals surface area (Å²) in [6.07, 6.45) is 1.30. The molecule has 1 aliphatic rings. The average Bonchev–Trinajstić information content (AvgIpc) is 3.26. The van der Waals surface area contributed by atoms with Gasteiger partial charge in [-0.25, -0.2) is 8.78 Å². The van der Waals surface area contributed by atoms with Gasteiger partial charge in [0.25, 0.3) is 17.2 Å². The lowest BCUT2D eigenvalue weighted by Gasteiger charge is -2.25. The normalized spacial score (nSPS) is 15.0.